The zero-order chi connectivity index (χ0) is 14.7. The van der Waals surface area contributed by atoms with E-state index in [0.29, 0.717) is 12.2 Å². The Bertz CT molecular complexity index is 660. The van der Waals surface area contributed by atoms with Gasteiger partial charge in [0.15, 0.2) is 0 Å². The number of amides is 1. The first-order valence-electron chi connectivity index (χ1n) is 6.81. The fourth-order valence-corrected chi connectivity index (χ4v) is 3.00. The molecule has 0 aliphatic carbocycles. The van der Waals surface area contributed by atoms with Crippen molar-refractivity contribution >= 4 is 17.7 Å². The average molecular weight is 300 g/mol. The highest BCUT2D eigenvalue weighted by Crippen LogP contribution is 2.32. The van der Waals surface area contributed by atoms with Gasteiger partial charge in [-0.15, -0.1) is 11.8 Å². The third-order valence-electron chi connectivity index (χ3n) is 3.47. The summed E-state index contributed by atoms with van der Waals surface area (Å²) in [6.45, 7) is 0.615. The van der Waals surface area contributed by atoms with Crippen LogP contribution < -0.4 is 10.1 Å². The molecule has 2 aromatic rings. The van der Waals surface area contributed by atoms with Crippen LogP contribution in [0.2, 0.25) is 0 Å². The minimum atomic E-state index is -0.0887. The first-order valence-corrected chi connectivity index (χ1v) is 8.03. The van der Waals surface area contributed by atoms with Crippen LogP contribution in [0.25, 0.3) is 0 Å². The summed E-state index contributed by atoms with van der Waals surface area (Å²) in [6.07, 6.45) is 4.40. The maximum Gasteiger partial charge on any atom is 0.254 e. The summed E-state index contributed by atoms with van der Waals surface area (Å²) in [5.41, 5.74) is 1.65. The number of hydrogen-bond acceptors (Lipinski definition) is 4. The van der Waals surface area contributed by atoms with Crippen molar-refractivity contribution in [3.05, 3.63) is 53.7 Å². The molecule has 0 saturated heterocycles. The highest BCUT2D eigenvalue weighted by atomic mass is 32.2. The number of thioether (sulfide) groups is 1. The fraction of sp³-hybridized carbons (Fsp3) is 0.250. The summed E-state index contributed by atoms with van der Waals surface area (Å²) in [7, 11) is 0. The smallest absolute Gasteiger partial charge is 0.254 e. The second-order valence-electron chi connectivity index (χ2n) is 4.76. The van der Waals surface area contributed by atoms with Gasteiger partial charge < -0.3 is 10.1 Å². The highest BCUT2D eigenvalue weighted by Gasteiger charge is 2.24. The van der Waals surface area contributed by atoms with Crippen LogP contribution in [-0.4, -0.2) is 23.8 Å². The van der Waals surface area contributed by atoms with Gasteiger partial charge in [-0.1, -0.05) is 18.2 Å². The van der Waals surface area contributed by atoms with Gasteiger partial charge in [0, 0.05) is 18.2 Å². The second-order valence-corrected chi connectivity index (χ2v) is 5.56. The summed E-state index contributed by atoms with van der Waals surface area (Å²) in [6, 6.07) is 11.4. The molecule has 1 atom stereocenters. The second kappa shape index (κ2) is 6.18. The molecule has 1 aromatic carbocycles. The number of rotatable bonds is 3. The van der Waals surface area contributed by atoms with E-state index >= 15 is 0 Å². The fourth-order valence-electron chi connectivity index (χ4n) is 2.45. The summed E-state index contributed by atoms with van der Waals surface area (Å²) in [4.78, 5) is 16.7. The van der Waals surface area contributed by atoms with Gasteiger partial charge in [0.25, 0.3) is 5.91 Å². The monoisotopic (exact) mass is 300 g/mol. The molecule has 4 nitrogen and oxygen atoms in total. The number of nitrogens with one attached hydrogen (secondary N) is 1. The number of fused-ring (bicyclic) bond motifs is 1. The van der Waals surface area contributed by atoms with Crippen LogP contribution in [0.1, 0.15) is 28.4 Å². The van der Waals surface area contributed by atoms with Crippen molar-refractivity contribution in [2.45, 2.75) is 17.5 Å². The molecule has 0 unspecified atom stereocenters. The minimum Gasteiger partial charge on any atom is -0.493 e. The number of carbonyl (C=O) groups excluding carboxylic acids is 1. The Balaban J connectivity index is 1.83. The van der Waals surface area contributed by atoms with Crippen LogP contribution >= 0.6 is 11.8 Å². The Kier molecular flexibility index (Phi) is 4.10. The third kappa shape index (κ3) is 2.88. The Morgan fingerprint density at radius 3 is 3.05 bits per heavy atom. The van der Waals surface area contributed by atoms with E-state index in [0.717, 1.165) is 22.8 Å². The van der Waals surface area contributed by atoms with Gasteiger partial charge in [0.1, 0.15) is 10.8 Å². The summed E-state index contributed by atoms with van der Waals surface area (Å²) in [5.74, 6) is 0.763. The van der Waals surface area contributed by atoms with Crippen LogP contribution in [0.15, 0.2) is 47.6 Å². The van der Waals surface area contributed by atoms with Crippen molar-refractivity contribution in [1.29, 1.82) is 0 Å². The molecule has 2 heterocycles. The van der Waals surface area contributed by atoms with Crippen LogP contribution in [0, 0.1) is 0 Å². The largest absolute Gasteiger partial charge is 0.493 e. The quantitative estimate of drug-likeness (QED) is 0.885. The van der Waals surface area contributed by atoms with Crippen LogP contribution in [0.4, 0.5) is 0 Å². The van der Waals surface area contributed by atoms with E-state index in [1.54, 1.807) is 18.3 Å². The van der Waals surface area contributed by atoms with E-state index in [-0.39, 0.29) is 11.9 Å². The van der Waals surface area contributed by atoms with Crippen molar-refractivity contribution in [3.8, 4) is 5.75 Å². The Morgan fingerprint density at radius 2 is 2.19 bits per heavy atom. The molecule has 0 bridgehead atoms. The lowest BCUT2D eigenvalue weighted by Gasteiger charge is -2.26. The van der Waals surface area contributed by atoms with Crippen molar-refractivity contribution < 1.29 is 9.53 Å². The predicted octanol–water partition coefficient (Wildman–Crippen LogP) is 3.06. The molecule has 0 radical (unpaired) electrons. The number of aromatic nitrogens is 1. The standard InChI is InChI=1S/C16H16N2O2S/c1-21-16-12(6-4-9-17-16)15(19)18-13-8-10-20-14-7-3-2-5-11(13)14/h2-7,9,13H,8,10H2,1H3,(H,18,19)/t13-/m1/s1. The zero-order valence-corrected chi connectivity index (χ0v) is 12.5. The molecule has 1 N–H and O–H groups in total. The maximum absolute atomic E-state index is 12.5. The highest BCUT2D eigenvalue weighted by molar-refractivity contribution is 7.98. The molecule has 21 heavy (non-hydrogen) atoms. The number of pyridine rings is 1. The van der Waals surface area contributed by atoms with Crippen LogP contribution in [-0.2, 0) is 0 Å². The summed E-state index contributed by atoms with van der Waals surface area (Å²) < 4.78 is 5.62. The lowest BCUT2D eigenvalue weighted by molar-refractivity contribution is 0.0921. The van der Waals surface area contributed by atoms with Gasteiger partial charge in [-0.05, 0) is 24.5 Å². The SMILES string of the molecule is CSc1ncccc1C(=O)N[C@@H]1CCOc2ccccc21. The molecule has 108 valence electrons. The topological polar surface area (TPSA) is 51.2 Å². The normalized spacial score (nSPS) is 16.7. The lowest BCUT2D eigenvalue weighted by Crippen LogP contribution is -2.32. The zero-order valence-electron chi connectivity index (χ0n) is 11.7. The molecule has 5 heteroatoms. The number of carbonyl (C=O) groups is 1. The summed E-state index contributed by atoms with van der Waals surface area (Å²) >= 11 is 1.47. The van der Waals surface area contributed by atoms with E-state index in [2.05, 4.69) is 10.3 Å². The van der Waals surface area contributed by atoms with Crippen molar-refractivity contribution in [2.75, 3.05) is 12.9 Å². The molecule has 1 amide bonds. The number of benzene rings is 1. The van der Waals surface area contributed by atoms with E-state index in [1.165, 1.54) is 11.8 Å². The number of nitrogens with zero attached hydrogens (tertiary/aromatic N) is 1. The predicted molar refractivity (Wildman–Crippen MR) is 82.8 cm³/mol. The van der Waals surface area contributed by atoms with Gasteiger partial charge in [0.05, 0.1) is 18.2 Å². The lowest BCUT2D eigenvalue weighted by atomic mass is 10.0. The molecule has 1 aromatic heterocycles. The van der Waals surface area contributed by atoms with Gasteiger partial charge >= 0.3 is 0 Å². The Morgan fingerprint density at radius 1 is 1.33 bits per heavy atom. The third-order valence-corrected chi connectivity index (χ3v) is 4.18. The van der Waals surface area contributed by atoms with E-state index in [9.17, 15) is 4.79 Å². The molecule has 0 spiro atoms. The molecule has 1 aliphatic heterocycles. The molecular formula is C16H16N2O2S. The average Bonchev–Trinajstić information content (AvgIpc) is 2.55. The van der Waals surface area contributed by atoms with Crippen LogP contribution in [0.3, 0.4) is 0 Å². The van der Waals surface area contributed by atoms with E-state index < -0.39 is 0 Å². The maximum atomic E-state index is 12.5. The Hall–Kier alpha value is -2.01. The van der Waals surface area contributed by atoms with Crippen molar-refractivity contribution in [3.63, 3.8) is 0 Å². The van der Waals surface area contributed by atoms with E-state index in [1.807, 2.05) is 30.5 Å². The molecule has 0 fully saturated rings. The molecule has 1 aliphatic rings. The number of ether oxygens (including phenoxy) is 1. The molecule has 3 rings (SSSR count). The number of para-hydroxylation sites is 1. The van der Waals surface area contributed by atoms with Gasteiger partial charge in [-0.3, -0.25) is 4.79 Å². The van der Waals surface area contributed by atoms with Crippen molar-refractivity contribution in [2.24, 2.45) is 0 Å². The Labute approximate surface area is 127 Å². The van der Waals surface area contributed by atoms with E-state index in [4.69, 9.17) is 4.74 Å². The summed E-state index contributed by atoms with van der Waals surface area (Å²) in [5, 5.41) is 3.84. The van der Waals surface area contributed by atoms with Crippen molar-refractivity contribution in [1.82, 2.24) is 10.3 Å². The first kappa shape index (κ1) is 13.9. The number of hydrogen-bond donors (Lipinski definition) is 1. The molecule has 0 saturated carbocycles. The van der Waals surface area contributed by atoms with Crippen LogP contribution in [0.5, 0.6) is 5.75 Å². The van der Waals surface area contributed by atoms with Gasteiger partial charge in [-0.25, -0.2) is 4.98 Å². The van der Waals surface area contributed by atoms with Gasteiger partial charge in [0.2, 0.25) is 0 Å². The van der Waals surface area contributed by atoms with Gasteiger partial charge in [-0.2, -0.15) is 0 Å². The minimum absolute atomic E-state index is 0.0163. The molecular weight excluding hydrogens is 284 g/mol. The first-order chi connectivity index (χ1) is 10.3.